The van der Waals surface area contributed by atoms with Gasteiger partial charge in [-0.05, 0) is 54.8 Å². The average Bonchev–Trinajstić information content (AvgIpc) is 3.17. The van der Waals surface area contributed by atoms with E-state index in [2.05, 4.69) is 35.3 Å². The monoisotopic (exact) mass is 396 g/mol. The summed E-state index contributed by atoms with van der Waals surface area (Å²) in [5, 5.41) is 1.24. The molecule has 1 aromatic heterocycles. The van der Waals surface area contributed by atoms with Gasteiger partial charge in [0.05, 0.1) is 13.2 Å². The molecule has 0 saturated heterocycles. The van der Waals surface area contributed by atoms with Gasteiger partial charge in [-0.15, -0.1) is 0 Å². The molecule has 5 rings (SSSR count). The van der Waals surface area contributed by atoms with E-state index in [1.165, 1.54) is 10.9 Å². The van der Waals surface area contributed by atoms with Crippen LogP contribution in [0.4, 0.5) is 0 Å². The van der Waals surface area contributed by atoms with Crippen LogP contribution in [-0.2, 0) is 6.42 Å². The Morgan fingerprint density at radius 1 is 1.00 bits per heavy atom. The molecule has 4 nitrogen and oxygen atoms in total. The molecule has 4 aromatic rings. The molecule has 0 aliphatic carbocycles. The lowest BCUT2D eigenvalue weighted by Gasteiger charge is -2.36. The molecule has 2 heterocycles. The van der Waals surface area contributed by atoms with Gasteiger partial charge in [0.15, 0.2) is 0 Å². The number of nitrogens with one attached hydrogen (secondary N) is 1. The maximum Gasteiger partial charge on any atom is 0.254 e. The van der Waals surface area contributed by atoms with E-state index < -0.39 is 0 Å². The second-order valence-electron chi connectivity index (χ2n) is 7.85. The number of ether oxygens (including phenoxy) is 1. The largest absolute Gasteiger partial charge is 0.497 e. The molecule has 0 saturated carbocycles. The maximum absolute atomic E-state index is 13.5. The van der Waals surface area contributed by atoms with Gasteiger partial charge in [0.2, 0.25) is 0 Å². The van der Waals surface area contributed by atoms with Gasteiger partial charge < -0.3 is 14.6 Å². The van der Waals surface area contributed by atoms with E-state index in [0.717, 1.165) is 40.1 Å². The van der Waals surface area contributed by atoms with Crippen molar-refractivity contribution in [1.29, 1.82) is 0 Å². The van der Waals surface area contributed by atoms with E-state index in [1.54, 1.807) is 7.11 Å². The van der Waals surface area contributed by atoms with Crippen molar-refractivity contribution < 1.29 is 9.53 Å². The first-order valence-electron chi connectivity index (χ1n) is 10.3. The standard InChI is InChI=1S/C26H24N2O2/c1-17-7-9-19(10-8-17)26(29)28-16-15-22-21-5-3-4-6-23(21)27-24(22)25(28)18-11-13-20(30-2)14-12-18/h3-14,25,27H,15-16H2,1-2H3/t25-/m0/s1. The highest BCUT2D eigenvalue weighted by Crippen LogP contribution is 2.39. The van der Waals surface area contributed by atoms with Gasteiger partial charge >= 0.3 is 0 Å². The number of carbonyl (C=O) groups is 1. The number of hydrogen-bond acceptors (Lipinski definition) is 2. The minimum Gasteiger partial charge on any atom is -0.497 e. The Balaban J connectivity index is 1.64. The zero-order chi connectivity index (χ0) is 20.7. The van der Waals surface area contributed by atoms with E-state index in [-0.39, 0.29) is 11.9 Å². The Morgan fingerprint density at radius 2 is 1.73 bits per heavy atom. The van der Waals surface area contributed by atoms with Crippen LogP contribution < -0.4 is 4.74 Å². The molecule has 1 amide bonds. The summed E-state index contributed by atoms with van der Waals surface area (Å²) in [6, 6.07) is 24.1. The molecule has 3 aromatic carbocycles. The van der Waals surface area contributed by atoms with Crippen molar-refractivity contribution in [3.63, 3.8) is 0 Å². The fraction of sp³-hybridized carbons (Fsp3) is 0.192. The van der Waals surface area contributed by atoms with Crippen LogP contribution in [0.25, 0.3) is 10.9 Å². The molecular weight excluding hydrogens is 372 g/mol. The lowest BCUT2D eigenvalue weighted by molar-refractivity contribution is 0.0692. The molecule has 0 fully saturated rings. The quantitative estimate of drug-likeness (QED) is 0.513. The van der Waals surface area contributed by atoms with Crippen LogP contribution in [-0.4, -0.2) is 29.4 Å². The fourth-order valence-electron chi connectivity index (χ4n) is 4.45. The number of hydrogen-bond donors (Lipinski definition) is 1. The van der Waals surface area contributed by atoms with Crippen molar-refractivity contribution in [3.05, 3.63) is 101 Å². The number of aryl methyl sites for hydroxylation is 1. The number of carbonyl (C=O) groups excluding carboxylic acids is 1. The lowest BCUT2D eigenvalue weighted by Crippen LogP contribution is -2.40. The fourth-order valence-corrected chi connectivity index (χ4v) is 4.45. The van der Waals surface area contributed by atoms with Gasteiger partial charge in [0.1, 0.15) is 5.75 Å². The van der Waals surface area contributed by atoms with Crippen LogP contribution in [0.5, 0.6) is 5.75 Å². The third-order valence-electron chi connectivity index (χ3n) is 6.03. The molecule has 0 unspecified atom stereocenters. The van der Waals surface area contributed by atoms with Gasteiger partial charge in [-0.1, -0.05) is 48.0 Å². The highest BCUT2D eigenvalue weighted by Gasteiger charge is 2.34. The highest BCUT2D eigenvalue weighted by atomic mass is 16.5. The minimum absolute atomic E-state index is 0.0557. The second kappa shape index (κ2) is 7.38. The van der Waals surface area contributed by atoms with Crippen LogP contribution in [0, 0.1) is 6.92 Å². The van der Waals surface area contributed by atoms with Crippen molar-refractivity contribution >= 4 is 16.8 Å². The molecule has 0 bridgehead atoms. The van der Waals surface area contributed by atoms with Gasteiger partial charge in [0, 0.05) is 28.7 Å². The first-order chi connectivity index (χ1) is 14.7. The van der Waals surface area contributed by atoms with E-state index in [9.17, 15) is 4.79 Å². The molecule has 0 radical (unpaired) electrons. The summed E-state index contributed by atoms with van der Waals surface area (Å²) in [6.07, 6.45) is 0.837. The summed E-state index contributed by atoms with van der Waals surface area (Å²) in [5.74, 6) is 0.864. The molecule has 150 valence electrons. The van der Waals surface area contributed by atoms with Crippen molar-refractivity contribution in [2.45, 2.75) is 19.4 Å². The van der Waals surface area contributed by atoms with Gasteiger partial charge in [-0.25, -0.2) is 0 Å². The number of nitrogens with zero attached hydrogens (tertiary/aromatic N) is 1. The zero-order valence-electron chi connectivity index (χ0n) is 17.2. The van der Waals surface area contributed by atoms with Crippen LogP contribution in [0.3, 0.4) is 0 Å². The van der Waals surface area contributed by atoms with E-state index >= 15 is 0 Å². The third-order valence-corrected chi connectivity index (χ3v) is 6.03. The average molecular weight is 396 g/mol. The molecule has 1 aliphatic rings. The Morgan fingerprint density at radius 3 is 2.47 bits per heavy atom. The number of rotatable bonds is 3. The normalized spacial score (nSPS) is 15.8. The molecule has 1 atom stereocenters. The van der Waals surface area contributed by atoms with Crippen molar-refractivity contribution in [1.82, 2.24) is 9.88 Å². The van der Waals surface area contributed by atoms with Crippen LogP contribution in [0.2, 0.25) is 0 Å². The third kappa shape index (κ3) is 3.05. The van der Waals surface area contributed by atoms with Gasteiger partial charge in [-0.3, -0.25) is 4.79 Å². The first kappa shape index (κ1) is 18.5. The number of para-hydroxylation sites is 1. The van der Waals surface area contributed by atoms with Crippen LogP contribution in [0.1, 0.15) is 38.8 Å². The Kier molecular flexibility index (Phi) is 4.55. The minimum atomic E-state index is -0.166. The Labute approximate surface area is 176 Å². The smallest absolute Gasteiger partial charge is 0.254 e. The predicted octanol–water partition coefficient (Wildman–Crippen LogP) is 5.27. The number of amides is 1. The zero-order valence-corrected chi connectivity index (χ0v) is 17.2. The van der Waals surface area contributed by atoms with E-state index in [4.69, 9.17) is 4.74 Å². The Bertz CT molecular complexity index is 1210. The summed E-state index contributed by atoms with van der Waals surface area (Å²) < 4.78 is 5.34. The van der Waals surface area contributed by atoms with Crippen molar-refractivity contribution in [2.75, 3.05) is 13.7 Å². The molecule has 0 spiro atoms. The summed E-state index contributed by atoms with van der Waals surface area (Å²) in [4.78, 5) is 19.1. The molecule has 1 aliphatic heterocycles. The second-order valence-corrected chi connectivity index (χ2v) is 7.85. The van der Waals surface area contributed by atoms with E-state index in [1.807, 2.05) is 54.3 Å². The summed E-state index contributed by atoms with van der Waals surface area (Å²) >= 11 is 0. The number of H-pyrrole nitrogens is 1. The Hall–Kier alpha value is -3.53. The summed E-state index contributed by atoms with van der Waals surface area (Å²) in [6.45, 7) is 2.71. The summed E-state index contributed by atoms with van der Waals surface area (Å²) in [5.41, 5.74) is 6.47. The number of methoxy groups -OCH3 is 1. The number of aromatic nitrogens is 1. The van der Waals surface area contributed by atoms with Crippen molar-refractivity contribution in [3.8, 4) is 5.75 Å². The summed E-state index contributed by atoms with van der Waals surface area (Å²) in [7, 11) is 1.67. The topological polar surface area (TPSA) is 45.3 Å². The molecular formula is C26H24N2O2. The maximum atomic E-state index is 13.5. The lowest BCUT2D eigenvalue weighted by atomic mass is 9.91. The van der Waals surface area contributed by atoms with Gasteiger partial charge in [0.25, 0.3) is 5.91 Å². The van der Waals surface area contributed by atoms with E-state index in [0.29, 0.717) is 6.54 Å². The number of fused-ring (bicyclic) bond motifs is 3. The van der Waals surface area contributed by atoms with Crippen molar-refractivity contribution in [2.24, 2.45) is 0 Å². The molecule has 4 heteroatoms. The predicted molar refractivity (Wildman–Crippen MR) is 119 cm³/mol. The molecule has 30 heavy (non-hydrogen) atoms. The van der Waals surface area contributed by atoms with Crippen LogP contribution in [0.15, 0.2) is 72.8 Å². The first-order valence-corrected chi connectivity index (χ1v) is 10.3. The van der Waals surface area contributed by atoms with Crippen LogP contribution >= 0.6 is 0 Å². The molecule has 1 N–H and O–H groups in total. The van der Waals surface area contributed by atoms with Gasteiger partial charge in [-0.2, -0.15) is 0 Å². The SMILES string of the molecule is COc1ccc([C@H]2c3[nH]c4ccccc4c3CCN2C(=O)c2ccc(C)cc2)cc1. The number of benzene rings is 3. The number of aromatic amines is 1. The highest BCUT2D eigenvalue weighted by molar-refractivity contribution is 5.95.